The van der Waals surface area contributed by atoms with Crippen LogP contribution in [0.15, 0.2) is 40.9 Å². The highest BCUT2D eigenvalue weighted by molar-refractivity contribution is 9.10. The van der Waals surface area contributed by atoms with Crippen LogP contribution >= 0.6 is 15.9 Å². The van der Waals surface area contributed by atoms with Crippen molar-refractivity contribution in [3.63, 3.8) is 0 Å². The summed E-state index contributed by atoms with van der Waals surface area (Å²) in [6.07, 6.45) is -0.243. The molecule has 1 heterocycles. The molecule has 0 aromatic heterocycles. The fourth-order valence-electron chi connectivity index (χ4n) is 2.18. The van der Waals surface area contributed by atoms with Gasteiger partial charge in [0.15, 0.2) is 6.29 Å². The highest BCUT2D eigenvalue weighted by Gasteiger charge is 2.33. The molecular formula is C15H15BrO2. The lowest BCUT2D eigenvalue weighted by molar-refractivity contribution is -0.0811. The first-order chi connectivity index (χ1) is 8.53. The number of hydrogen-bond acceptors (Lipinski definition) is 2. The number of fused-ring (bicyclic) bond motifs is 1. The fourth-order valence-corrected chi connectivity index (χ4v) is 2.56. The quantitative estimate of drug-likeness (QED) is 0.776. The van der Waals surface area contributed by atoms with Crippen molar-refractivity contribution in [2.45, 2.75) is 25.7 Å². The smallest absolute Gasteiger partial charge is 0.184 e. The molecule has 1 aliphatic rings. The molecule has 0 radical (unpaired) electrons. The van der Waals surface area contributed by atoms with Gasteiger partial charge in [-0.05, 0) is 42.8 Å². The minimum absolute atomic E-state index is 0.195. The van der Waals surface area contributed by atoms with Crippen molar-refractivity contribution in [1.82, 2.24) is 0 Å². The predicted molar refractivity (Wildman–Crippen MR) is 75.5 cm³/mol. The van der Waals surface area contributed by atoms with E-state index < -0.39 is 0 Å². The number of halogens is 1. The van der Waals surface area contributed by atoms with Crippen LogP contribution in [-0.2, 0) is 9.47 Å². The molecule has 0 spiro atoms. The summed E-state index contributed by atoms with van der Waals surface area (Å²) in [5, 5.41) is 2.41. The molecule has 2 nitrogen and oxygen atoms in total. The van der Waals surface area contributed by atoms with Crippen LogP contribution in [0.25, 0.3) is 10.8 Å². The molecule has 1 aliphatic heterocycles. The zero-order chi connectivity index (χ0) is 12.8. The van der Waals surface area contributed by atoms with Crippen LogP contribution < -0.4 is 0 Å². The van der Waals surface area contributed by atoms with E-state index >= 15 is 0 Å². The van der Waals surface area contributed by atoms with Crippen molar-refractivity contribution in [3.8, 4) is 0 Å². The molecule has 3 rings (SSSR count). The molecule has 0 aliphatic carbocycles. The number of hydrogen-bond donors (Lipinski definition) is 0. The molecular weight excluding hydrogens is 292 g/mol. The minimum atomic E-state index is -0.243. The second-order valence-electron chi connectivity index (χ2n) is 5.27. The topological polar surface area (TPSA) is 18.5 Å². The van der Waals surface area contributed by atoms with Crippen LogP contribution in [0.3, 0.4) is 0 Å². The summed E-state index contributed by atoms with van der Waals surface area (Å²) >= 11 is 3.48. The SMILES string of the molecule is CC1(C)CO[C@H](c2ccc3cc(Br)ccc3c2)O1. The van der Waals surface area contributed by atoms with E-state index in [1.807, 2.05) is 19.9 Å². The van der Waals surface area contributed by atoms with Gasteiger partial charge in [0, 0.05) is 10.0 Å². The van der Waals surface area contributed by atoms with Gasteiger partial charge in [0.1, 0.15) is 0 Å². The van der Waals surface area contributed by atoms with Crippen molar-refractivity contribution in [1.29, 1.82) is 0 Å². The standard InChI is InChI=1S/C15H15BrO2/c1-15(2)9-17-14(18-15)12-4-3-11-8-13(16)6-5-10(11)7-12/h3-8,14H,9H2,1-2H3/t14-/m0/s1. The van der Waals surface area contributed by atoms with Crippen molar-refractivity contribution >= 4 is 26.7 Å². The molecule has 1 fully saturated rings. The Morgan fingerprint density at radius 3 is 2.56 bits per heavy atom. The molecule has 0 unspecified atom stereocenters. The second-order valence-corrected chi connectivity index (χ2v) is 6.19. The summed E-state index contributed by atoms with van der Waals surface area (Å²) in [5.41, 5.74) is 0.884. The van der Waals surface area contributed by atoms with Gasteiger partial charge in [-0.1, -0.05) is 34.1 Å². The van der Waals surface area contributed by atoms with Crippen LogP contribution in [0.4, 0.5) is 0 Å². The first kappa shape index (κ1) is 12.2. The molecule has 18 heavy (non-hydrogen) atoms. The van der Waals surface area contributed by atoms with Crippen LogP contribution in [0.5, 0.6) is 0 Å². The first-order valence-electron chi connectivity index (χ1n) is 6.02. The van der Waals surface area contributed by atoms with Gasteiger partial charge >= 0.3 is 0 Å². The monoisotopic (exact) mass is 306 g/mol. The normalized spacial score (nSPS) is 22.5. The maximum atomic E-state index is 5.88. The number of benzene rings is 2. The van der Waals surface area contributed by atoms with Crippen LogP contribution in [-0.4, -0.2) is 12.2 Å². The third kappa shape index (κ3) is 2.30. The van der Waals surface area contributed by atoms with Crippen LogP contribution in [0, 0.1) is 0 Å². The number of ether oxygens (including phenoxy) is 2. The van der Waals surface area contributed by atoms with Crippen LogP contribution in [0.1, 0.15) is 25.7 Å². The zero-order valence-corrected chi connectivity index (χ0v) is 12.0. The van der Waals surface area contributed by atoms with E-state index in [1.54, 1.807) is 0 Å². The van der Waals surface area contributed by atoms with Gasteiger partial charge in [0.2, 0.25) is 0 Å². The van der Waals surface area contributed by atoms with E-state index in [4.69, 9.17) is 9.47 Å². The zero-order valence-electron chi connectivity index (χ0n) is 10.4. The molecule has 0 bridgehead atoms. The molecule has 2 aromatic carbocycles. The van der Waals surface area contributed by atoms with Crippen molar-refractivity contribution < 1.29 is 9.47 Å². The highest BCUT2D eigenvalue weighted by atomic mass is 79.9. The average Bonchev–Trinajstić information content (AvgIpc) is 2.69. The Balaban J connectivity index is 1.97. The predicted octanol–water partition coefficient (Wildman–Crippen LogP) is 4.43. The third-order valence-corrected chi connectivity index (χ3v) is 3.60. The molecule has 3 heteroatoms. The minimum Gasteiger partial charge on any atom is -0.345 e. The van der Waals surface area contributed by atoms with E-state index in [9.17, 15) is 0 Å². The van der Waals surface area contributed by atoms with E-state index in [0.29, 0.717) is 6.61 Å². The Bertz CT molecular complexity index is 592. The Labute approximate surface area is 115 Å². The largest absolute Gasteiger partial charge is 0.345 e. The lowest BCUT2D eigenvalue weighted by atomic mass is 10.1. The third-order valence-electron chi connectivity index (χ3n) is 3.11. The summed E-state index contributed by atoms with van der Waals surface area (Å²) < 4.78 is 12.7. The molecule has 2 aromatic rings. The number of rotatable bonds is 1. The van der Waals surface area contributed by atoms with Gasteiger partial charge < -0.3 is 9.47 Å². The maximum Gasteiger partial charge on any atom is 0.184 e. The summed E-state index contributed by atoms with van der Waals surface area (Å²) in [5.74, 6) is 0. The van der Waals surface area contributed by atoms with Crippen molar-refractivity contribution in [3.05, 3.63) is 46.4 Å². The molecule has 0 amide bonds. The molecule has 1 atom stereocenters. The van der Waals surface area contributed by atoms with Crippen LogP contribution in [0.2, 0.25) is 0 Å². The van der Waals surface area contributed by atoms with E-state index in [0.717, 1.165) is 10.0 Å². The second kappa shape index (κ2) is 4.34. The van der Waals surface area contributed by atoms with Gasteiger partial charge in [-0.25, -0.2) is 0 Å². The van der Waals surface area contributed by atoms with E-state index in [1.165, 1.54) is 10.8 Å². The summed E-state index contributed by atoms with van der Waals surface area (Å²) in [7, 11) is 0. The van der Waals surface area contributed by atoms with E-state index in [-0.39, 0.29) is 11.9 Å². The molecule has 0 saturated carbocycles. The maximum absolute atomic E-state index is 5.88. The lowest BCUT2D eigenvalue weighted by Gasteiger charge is -2.16. The van der Waals surface area contributed by atoms with Gasteiger partial charge in [-0.15, -0.1) is 0 Å². The highest BCUT2D eigenvalue weighted by Crippen LogP contribution is 2.34. The fraction of sp³-hybridized carbons (Fsp3) is 0.333. The Morgan fingerprint density at radius 1 is 1.11 bits per heavy atom. The summed E-state index contributed by atoms with van der Waals surface area (Å²) in [4.78, 5) is 0. The lowest BCUT2D eigenvalue weighted by Crippen LogP contribution is -2.21. The molecule has 0 N–H and O–H groups in total. The Morgan fingerprint density at radius 2 is 1.83 bits per heavy atom. The van der Waals surface area contributed by atoms with Gasteiger partial charge in [-0.2, -0.15) is 0 Å². The Hall–Kier alpha value is -0.900. The molecule has 1 saturated heterocycles. The summed E-state index contributed by atoms with van der Waals surface area (Å²) in [6, 6.07) is 12.6. The van der Waals surface area contributed by atoms with Crippen molar-refractivity contribution in [2.75, 3.05) is 6.61 Å². The van der Waals surface area contributed by atoms with Crippen molar-refractivity contribution in [2.24, 2.45) is 0 Å². The van der Waals surface area contributed by atoms with E-state index in [2.05, 4.69) is 46.3 Å². The Kier molecular flexibility index (Phi) is 2.93. The van der Waals surface area contributed by atoms with Gasteiger partial charge in [0.25, 0.3) is 0 Å². The van der Waals surface area contributed by atoms with Gasteiger partial charge in [0.05, 0.1) is 12.2 Å². The molecule has 94 valence electrons. The van der Waals surface area contributed by atoms with Gasteiger partial charge in [-0.3, -0.25) is 0 Å². The first-order valence-corrected chi connectivity index (χ1v) is 6.81. The average molecular weight is 307 g/mol. The summed E-state index contributed by atoms with van der Waals surface area (Å²) in [6.45, 7) is 4.73.